The quantitative estimate of drug-likeness (QED) is 0.531. The van der Waals surface area contributed by atoms with Crippen LogP contribution in [-0.2, 0) is 10.9 Å². The van der Waals surface area contributed by atoms with Crippen molar-refractivity contribution >= 4 is 10.9 Å². The summed E-state index contributed by atoms with van der Waals surface area (Å²) in [6, 6.07) is 0. The van der Waals surface area contributed by atoms with Crippen LogP contribution < -0.4 is 12.4 Å². The van der Waals surface area contributed by atoms with Crippen LogP contribution in [0.3, 0.4) is 0 Å². The van der Waals surface area contributed by atoms with Crippen LogP contribution in [0, 0.1) is 0 Å². The number of unbranched alkanes of at least 4 members (excludes halogenated alkanes) is 2. The Morgan fingerprint density at radius 3 is 1.46 bits per heavy atom. The van der Waals surface area contributed by atoms with Gasteiger partial charge in [0.05, 0.1) is 0 Å². The van der Waals surface area contributed by atoms with E-state index in [-0.39, 0.29) is 12.4 Å². The molecule has 0 spiro atoms. The van der Waals surface area contributed by atoms with Gasteiger partial charge in [-0.3, -0.25) is 0 Å². The van der Waals surface area contributed by atoms with E-state index in [2.05, 4.69) is 20.8 Å². The van der Waals surface area contributed by atoms with Crippen molar-refractivity contribution in [3.8, 4) is 0 Å². The molecule has 0 atom stereocenters. The second-order valence-corrected chi connectivity index (χ2v) is 5.88. The van der Waals surface area contributed by atoms with Crippen molar-refractivity contribution in [3.63, 3.8) is 0 Å². The summed E-state index contributed by atoms with van der Waals surface area (Å²) in [6.07, 6.45) is 7.04. The van der Waals surface area contributed by atoms with Crippen LogP contribution in [0.2, 0.25) is 0 Å². The van der Waals surface area contributed by atoms with E-state index in [9.17, 15) is 0 Å². The molecular formula is C11H25ClS. The Morgan fingerprint density at radius 1 is 0.692 bits per heavy atom. The number of rotatable bonds is 8. The van der Waals surface area contributed by atoms with E-state index in [1.165, 1.54) is 49.4 Å². The van der Waals surface area contributed by atoms with Crippen molar-refractivity contribution in [3.05, 3.63) is 0 Å². The first kappa shape index (κ1) is 16.1. The second-order valence-electron chi connectivity index (χ2n) is 3.43. The van der Waals surface area contributed by atoms with E-state index in [0.29, 0.717) is 0 Å². The highest BCUT2D eigenvalue weighted by molar-refractivity contribution is 7.96. The SMILES string of the molecule is CCCC[S+](CCC)CCCC.[Cl-]. The third-order valence-electron chi connectivity index (χ3n) is 2.07. The van der Waals surface area contributed by atoms with E-state index in [1.807, 2.05) is 0 Å². The molecule has 0 nitrogen and oxygen atoms in total. The fourth-order valence-corrected chi connectivity index (χ4v) is 3.88. The van der Waals surface area contributed by atoms with Crippen LogP contribution in [0.15, 0.2) is 0 Å². The van der Waals surface area contributed by atoms with Gasteiger partial charge in [0.25, 0.3) is 0 Å². The van der Waals surface area contributed by atoms with Gasteiger partial charge in [-0.1, -0.05) is 33.6 Å². The molecular weight excluding hydrogens is 200 g/mol. The molecule has 0 saturated carbocycles. The van der Waals surface area contributed by atoms with Crippen LogP contribution in [0.1, 0.15) is 52.9 Å². The molecule has 0 aliphatic heterocycles. The van der Waals surface area contributed by atoms with Crippen LogP contribution >= 0.6 is 0 Å². The van der Waals surface area contributed by atoms with E-state index in [0.717, 1.165) is 10.9 Å². The molecule has 0 aliphatic carbocycles. The third-order valence-corrected chi connectivity index (χ3v) is 4.78. The summed E-state index contributed by atoms with van der Waals surface area (Å²) in [5.74, 6) is 4.49. The average molecular weight is 225 g/mol. The largest absolute Gasteiger partial charge is 1.00 e. The van der Waals surface area contributed by atoms with Gasteiger partial charge in [0.15, 0.2) is 0 Å². The molecule has 2 heteroatoms. The Kier molecular flexibility index (Phi) is 15.6. The van der Waals surface area contributed by atoms with E-state index in [4.69, 9.17) is 0 Å². The molecule has 0 heterocycles. The number of hydrogen-bond acceptors (Lipinski definition) is 0. The molecule has 0 rings (SSSR count). The van der Waals surface area contributed by atoms with Gasteiger partial charge in [-0.05, 0) is 30.2 Å². The molecule has 0 fully saturated rings. The van der Waals surface area contributed by atoms with Gasteiger partial charge in [0.1, 0.15) is 17.3 Å². The molecule has 0 N–H and O–H groups in total. The van der Waals surface area contributed by atoms with Crippen LogP contribution in [-0.4, -0.2) is 17.3 Å². The molecule has 0 aromatic carbocycles. The van der Waals surface area contributed by atoms with Crippen molar-refractivity contribution in [1.29, 1.82) is 0 Å². The molecule has 0 amide bonds. The van der Waals surface area contributed by atoms with Gasteiger partial charge in [-0.25, -0.2) is 0 Å². The van der Waals surface area contributed by atoms with Crippen LogP contribution in [0.5, 0.6) is 0 Å². The zero-order chi connectivity index (χ0) is 9.23. The third kappa shape index (κ3) is 10.6. The van der Waals surface area contributed by atoms with Crippen molar-refractivity contribution < 1.29 is 12.4 Å². The fraction of sp³-hybridized carbons (Fsp3) is 1.00. The lowest BCUT2D eigenvalue weighted by molar-refractivity contribution is -0.00000281. The summed E-state index contributed by atoms with van der Waals surface area (Å²) in [6.45, 7) is 6.92. The number of halogens is 1. The van der Waals surface area contributed by atoms with E-state index < -0.39 is 0 Å². The molecule has 0 radical (unpaired) electrons. The van der Waals surface area contributed by atoms with Gasteiger partial charge in [-0.15, -0.1) is 0 Å². The van der Waals surface area contributed by atoms with E-state index >= 15 is 0 Å². The standard InChI is InChI=1S/C11H25S.ClH/c1-4-7-10-12(9-6-3)11-8-5-2;/h4-11H2,1-3H3;1H/q+1;/p-1. The summed E-state index contributed by atoms with van der Waals surface area (Å²) in [5, 5.41) is 0. The Hall–Kier alpha value is 0.640. The minimum absolute atomic E-state index is 0. The highest BCUT2D eigenvalue weighted by Gasteiger charge is 2.14. The maximum Gasteiger partial charge on any atom is 0.108 e. The first-order valence-corrected chi connectivity index (χ1v) is 7.22. The first-order chi connectivity index (χ1) is 5.85. The van der Waals surface area contributed by atoms with Crippen molar-refractivity contribution in [2.75, 3.05) is 17.3 Å². The minimum atomic E-state index is 0. The zero-order valence-electron chi connectivity index (χ0n) is 9.44. The molecule has 0 bridgehead atoms. The smallest absolute Gasteiger partial charge is 0.108 e. The summed E-state index contributed by atoms with van der Waals surface area (Å²) in [4.78, 5) is 0. The highest BCUT2D eigenvalue weighted by Crippen LogP contribution is 2.06. The Bertz CT molecular complexity index is 78.2. The average Bonchev–Trinajstić information content (AvgIpc) is 2.10. The molecule has 0 unspecified atom stereocenters. The van der Waals surface area contributed by atoms with Crippen molar-refractivity contribution in [1.82, 2.24) is 0 Å². The van der Waals surface area contributed by atoms with Crippen molar-refractivity contribution in [2.45, 2.75) is 52.9 Å². The Labute approximate surface area is 93.6 Å². The Balaban J connectivity index is 0. The summed E-state index contributed by atoms with van der Waals surface area (Å²) in [5.41, 5.74) is 0. The van der Waals surface area contributed by atoms with Gasteiger partial charge in [0.2, 0.25) is 0 Å². The van der Waals surface area contributed by atoms with Crippen LogP contribution in [0.25, 0.3) is 0 Å². The molecule has 0 aliphatic rings. The first-order valence-electron chi connectivity index (χ1n) is 5.49. The van der Waals surface area contributed by atoms with Gasteiger partial charge < -0.3 is 12.4 Å². The molecule has 82 valence electrons. The highest BCUT2D eigenvalue weighted by atomic mass is 35.5. The van der Waals surface area contributed by atoms with Crippen molar-refractivity contribution in [2.24, 2.45) is 0 Å². The van der Waals surface area contributed by atoms with E-state index in [1.54, 1.807) is 0 Å². The Morgan fingerprint density at radius 2 is 1.15 bits per heavy atom. The second kappa shape index (κ2) is 12.6. The molecule has 0 aromatic rings. The summed E-state index contributed by atoms with van der Waals surface area (Å²) in [7, 11) is 0.776. The summed E-state index contributed by atoms with van der Waals surface area (Å²) >= 11 is 0. The lowest BCUT2D eigenvalue weighted by atomic mass is 10.4. The maximum absolute atomic E-state index is 2.32. The normalized spacial score (nSPS) is 10.2. The van der Waals surface area contributed by atoms with Crippen LogP contribution in [0.4, 0.5) is 0 Å². The predicted octanol–water partition coefficient (Wildman–Crippen LogP) is 0.619. The molecule has 0 saturated heterocycles. The zero-order valence-corrected chi connectivity index (χ0v) is 11.0. The molecule has 0 aromatic heterocycles. The lowest BCUT2D eigenvalue weighted by Crippen LogP contribution is -3.00. The minimum Gasteiger partial charge on any atom is -1.00 e. The summed E-state index contributed by atoms with van der Waals surface area (Å²) < 4.78 is 0. The maximum atomic E-state index is 2.32. The fourth-order valence-electron chi connectivity index (χ4n) is 1.29. The molecule has 13 heavy (non-hydrogen) atoms. The monoisotopic (exact) mass is 224 g/mol. The van der Waals surface area contributed by atoms with Gasteiger partial charge in [0, 0.05) is 0 Å². The van der Waals surface area contributed by atoms with Gasteiger partial charge in [-0.2, -0.15) is 0 Å². The predicted molar refractivity (Wildman–Crippen MR) is 62.1 cm³/mol. The van der Waals surface area contributed by atoms with Gasteiger partial charge >= 0.3 is 0 Å². The lowest BCUT2D eigenvalue weighted by Gasteiger charge is -2.06. The topological polar surface area (TPSA) is 0 Å². The number of hydrogen-bond donors (Lipinski definition) is 0.